The van der Waals surface area contributed by atoms with Crippen molar-refractivity contribution in [3.8, 4) is 11.8 Å². The van der Waals surface area contributed by atoms with E-state index in [4.69, 9.17) is 14.9 Å². The van der Waals surface area contributed by atoms with Crippen LogP contribution in [0.15, 0.2) is 33.8 Å². The Morgan fingerprint density at radius 1 is 1.42 bits per heavy atom. The standard InChI is InChI=1S/C18H21N5O3/c1-3-13(4-2)17-22-15(9-19)18(26-17)23-21-10-12-5-7-14(8-6-12)25-11-16(20)24/h5-8,10,13,23H,3-4,11H2,1-2H3,(H2,20,24)/b21-10+. The second-order valence-corrected chi connectivity index (χ2v) is 5.55. The Balaban J connectivity index is 2.01. The first-order valence-electron chi connectivity index (χ1n) is 8.28. The smallest absolute Gasteiger partial charge is 0.255 e. The molecular weight excluding hydrogens is 334 g/mol. The summed E-state index contributed by atoms with van der Waals surface area (Å²) in [5.41, 5.74) is 8.71. The van der Waals surface area contributed by atoms with Gasteiger partial charge in [0, 0.05) is 5.92 Å². The van der Waals surface area contributed by atoms with Gasteiger partial charge in [-0.3, -0.25) is 4.79 Å². The molecule has 1 amide bonds. The van der Waals surface area contributed by atoms with Crippen LogP contribution >= 0.6 is 0 Å². The molecule has 0 radical (unpaired) electrons. The summed E-state index contributed by atoms with van der Waals surface area (Å²) >= 11 is 0. The topological polar surface area (TPSA) is 127 Å². The van der Waals surface area contributed by atoms with Crippen molar-refractivity contribution in [1.29, 1.82) is 5.26 Å². The molecule has 0 saturated carbocycles. The first kappa shape index (κ1) is 19.0. The molecular formula is C18H21N5O3. The third-order valence-corrected chi connectivity index (χ3v) is 3.73. The van der Waals surface area contributed by atoms with Crippen molar-refractivity contribution in [2.45, 2.75) is 32.6 Å². The van der Waals surface area contributed by atoms with Crippen LogP contribution in [0.2, 0.25) is 0 Å². The Morgan fingerprint density at radius 2 is 2.12 bits per heavy atom. The number of anilines is 1. The summed E-state index contributed by atoms with van der Waals surface area (Å²) in [6.07, 6.45) is 3.34. The van der Waals surface area contributed by atoms with Crippen LogP contribution < -0.4 is 15.9 Å². The first-order chi connectivity index (χ1) is 12.6. The average Bonchev–Trinajstić information content (AvgIpc) is 3.05. The molecule has 26 heavy (non-hydrogen) atoms. The van der Waals surface area contributed by atoms with E-state index >= 15 is 0 Å². The highest BCUT2D eigenvalue weighted by atomic mass is 16.5. The van der Waals surface area contributed by atoms with E-state index in [9.17, 15) is 10.1 Å². The van der Waals surface area contributed by atoms with Gasteiger partial charge < -0.3 is 14.9 Å². The molecule has 0 saturated heterocycles. The molecule has 0 aliphatic carbocycles. The summed E-state index contributed by atoms with van der Waals surface area (Å²) in [6, 6.07) is 8.93. The van der Waals surface area contributed by atoms with E-state index in [2.05, 4.69) is 15.5 Å². The number of carbonyl (C=O) groups excluding carboxylic acids is 1. The largest absolute Gasteiger partial charge is 0.484 e. The van der Waals surface area contributed by atoms with Crippen molar-refractivity contribution in [2.75, 3.05) is 12.0 Å². The zero-order valence-electron chi connectivity index (χ0n) is 14.7. The maximum atomic E-state index is 10.7. The number of amides is 1. The number of aromatic nitrogens is 1. The summed E-state index contributed by atoms with van der Waals surface area (Å²) in [7, 11) is 0. The van der Waals surface area contributed by atoms with Crippen molar-refractivity contribution < 1.29 is 13.9 Å². The van der Waals surface area contributed by atoms with Crippen LogP contribution in [0.5, 0.6) is 5.75 Å². The van der Waals surface area contributed by atoms with Gasteiger partial charge in [-0.05, 0) is 42.7 Å². The van der Waals surface area contributed by atoms with Crippen molar-refractivity contribution in [1.82, 2.24) is 4.98 Å². The van der Waals surface area contributed by atoms with Gasteiger partial charge in [0.2, 0.25) is 11.6 Å². The Hall–Kier alpha value is -3.34. The minimum atomic E-state index is -0.534. The predicted octanol–water partition coefficient (Wildman–Crippen LogP) is 2.76. The van der Waals surface area contributed by atoms with Gasteiger partial charge in [-0.15, -0.1) is 0 Å². The van der Waals surface area contributed by atoms with Crippen LogP contribution in [-0.4, -0.2) is 23.7 Å². The number of ether oxygens (including phenoxy) is 1. The summed E-state index contributed by atoms with van der Waals surface area (Å²) in [4.78, 5) is 14.9. The van der Waals surface area contributed by atoms with Gasteiger partial charge in [0.25, 0.3) is 11.8 Å². The summed E-state index contributed by atoms with van der Waals surface area (Å²) in [5, 5.41) is 13.3. The molecule has 0 aliphatic heterocycles. The number of nitriles is 1. The van der Waals surface area contributed by atoms with Crippen LogP contribution in [0.4, 0.5) is 5.88 Å². The molecule has 2 rings (SSSR count). The highest BCUT2D eigenvalue weighted by Gasteiger charge is 2.18. The molecule has 2 aromatic rings. The summed E-state index contributed by atoms with van der Waals surface area (Å²) in [5.74, 6) is 0.945. The highest BCUT2D eigenvalue weighted by molar-refractivity contribution is 5.80. The fraction of sp³-hybridized carbons (Fsp3) is 0.333. The van der Waals surface area contributed by atoms with Gasteiger partial charge >= 0.3 is 0 Å². The van der Waals surface area contributed by atoms with Crippen LogP contribution in [0.3, 0.4) is 0 Å². The lowest BCUT2D eigenvalue weighted by atomic mass is 10.0. The second-order valence-electron chi connectivity index (χ2n) is 5.55. The summed E-state index contributed by atoms with van der Waals surface area (Å²) in [6.45, 7) is 3.93. The molecule has 3 N–H and O–H groups in total. The maximum Gasteiger partial charge on any atom is 0.255 e. The number of hydrazone groups is 1. The Morgan fingerprint density at radius 3 is 2.69 bits per heavy atom. The van der Waals surface area contributed by atoms with Crippen LogP contribution in [-0.2, 0) is 4.79 Å². The second kappa shape index (κ2) is 9.22. The first-order valence-corrected chi connectivity index (χ1v) is 8.28. The Bertz CT molecular complexity index is 801. The number of nitrogens with two attached hydrogens (primary N) is 1. The number of hydrogen-bond donors (Lipinski definition) is 2. The molecule has 1 aromatic carbocycles. The van der Waals surface area contributed by atoms with Crippen molar-refractivity contribution in [2.24, 2.45) is 10.8 Å². The fourth-order valence-corrected chi connectivity index (χ4v) is 2.27. The molecule has 0 unspecified atom stereocenters. The van der Waals surface area contributed by atoms with Crippen molar-refractivity contribution >= 4 is 18.0 Å². The number of nitrogens with one attached hydrogen (secondary N) is 1. The Labute approximate surface area is 151 Å². The lowest BCUT2D eigenvalue weighted by Crippen LogP contribution is -2.19. The zero-order valence-corrected chi connectivity index (χ0v) is 14.7. The molecule has 0 fully saturated rings. The van der Waals surface area contributed by atoms with Gasteiger partial charge in [0.15, 0.2) is 6.61 Å². The number of rotatable bonds is 9. The minimum absolute atomic E-state index is 0.170. The number of carbonyl (C=O) groups is 1. The van der Waals surface area contributed by atoms with Gasteiger partial charge in [-0.25, -0.2) is 10.4 Å². The maximum absolute atomic E-state index is 10.7. The molecule has 136 valence electrons. The number of oxazole rings is 1. The zero-order chi connectivity index (χ0) is 18.9. The van der Waals surface area contributed by atoms with E-state index in [-0.39, 0.29) is 24.1 Å². The van der Waals surface area contributed by atoms with E-state index in [1.54, 1.807) is 30.5 Å². The monoisotopic (exact) mass is 355 g/mol. The lowest BCUT2D eigenvalue weighted by molar-refractivity contribution is -0.119. The summed E-state index contributed by atoms with van der Waals surface area (Å²) < 4.78 is 10.8. The van der Waals surface area contributed by atoms with E-state index in [0.29, 0.717) is 11.6 Å². The minimum Gasteiger partial charge on any atom is -0.484 e. The molecule has 0 atom stereocenters. The van der Waals surface area contributed by atoms with Crippen molar-refractivity contribution in [3.05, 3.63) is 41.4 Å². The molecule has 1 aromatic heterocycles. The lowest BCUT2D eigenvalue weighted by Gasteiger charge is -2.05. The molecule has 8 heteroatoms. The molecule has 0 bridgehead atoms. The van der Waals surface area contributed by atoms with Gasteiger partial charge in [-0.2, -0.15) is 10.4 Å². The third kappa shape index (κ3) is 5.08. The van der Waals surface area contributed by atoms with E-state index in [0.717, 1.165) is 18.4 Å². The number of hydrogen-bond acceptors (Lipinski definition) is 7. The van der Waals surface area contributed by atoms with Crippen LogP contribution in [0.25, 0.3) is 0 Å². The van der Waals surface area contributed by atoms with Crippen LogP contribution in [0.1, 0.15) is 49.8 Å². The number of primary amides is 1. The van der Waals surface area contributed by atoms with Gasteiger partial charge in [-0.1, -0.05) is 13.8 Å². The van der Waals surface area contributed by atoms with E-state index < -0.39 is 5.91 Å². The molecule has 8 nitrogen and oxygen atoms in total. The van der Waals surface area contributed by atoms with Gasteiger partial charge in [0.05, 0.1) is 6.21 Å². The Kier molecular flexibility index (Phi) is 6.74. The SMILES string of the molecule is CCC(CC)c1nc(C#N)c(N/N=C/c2ccc(OCC(N)=O)cc2)o1. The van der Waals surface area contributed by atoms with Crippen molar-refractivity contribution in [3.63, 3.8) is 0 Å². The van der Waals surface area contributed by atoms with Crippen LogP contribution in [0, 0.1) is 11.3 Å². The molecule has 0 spiro atoms. The normalized spacial score (nSPS) is 10.8. The number of nitrogens with zero attached hydrogens (tertiary/aromatic N) is 3. The molecule has 1 heterocycles. The third-order valence-electron chi connectivity index (χ3n) is 3.73. The number of benzene rings is 1. The quantitative estimate of drug-likeness (QED) is 0.526. The van der Waals surface area contributed by atoms with E-state index in [1.807, 2.05) is 19.9 Å². The average molecular weight is 355 g/mol. The molecule has 0 aliphatic rings. The highest BCUT2D eigenvalue weighted by Crippen LogP contribution is 2.27. The fourth-order valence-electron chi connectivity index (χ4n) is 2.27. The van der Waals surface area contributed by atoms with Gasteiger partial charge in [0.1, 0.15) is 11.8 Å². The predicted molar refractivity (Wildman–Crippen MR) is 96.9 cm³/mol. The van der Waals surface area contributed by atoms with E-state index in [1.165, 1.54) is 0 Å².